The predicted molar refractivity (Wildman–Crippen MR) is 59.2 cm³/mol. The van der Waals surface area contributed by atoms with Crippen LogP contribution in [0.5, 0.6) is 0 Å². The maximum absolute atomic E-state index is 4.41. The second-order valence-corrected chi connectivity index (χ2v) is 3.36. The van der Waals surface area contributed by atoms with E-state index in [0.717, 1.165) is 5.52 Å². The quantitative estimate of drug-likeness (QED) is 0.483. The molecular weight excluding hydrogens is 171 g/mol. The SMILES string of the molecule is c1ccc2c(c1)nc[13c]1ccccc21. The average molecular weight is 180 g/mol. The second-order valence-electron chi connectivity index (χ2n) is 3.36. The van der Waals surface area contributed by atoms with E-state index in [-0.39, 0.29) is 0 Å². The fraction of sp³-hybridized carbons (Fsp3) is 0. The zero-order valence-corrected chi connectivity index (χ0v) is 7.64. The smallest absolute Gasteiger partial charge is 0.0708 e. The van der Waals surface area contributed by atoms with Gasteiger partial charge in [0.15, 0.2) is 0 Å². The van der Waals surface area contributed by atoms with Crippen LogP contribution in [-0.4, -0.2) is 4.98 Å². The molecule has 0 saturated heterocycles. The fourth-order valence-corrected chi connectivity index (χ4v) is 1.81. The van der Waals surface area contributed by atoms with Crippen molar-refractivity contribution in [1.82, 2.24) is 4.98 Å². The largest absolute Gasteiger partial charge is 0.256 e. The van der Waals surface area contributed by atoms with Crippen LogP contribution in [-0.2, 0) is 0 Å². The lowest BCUT2D eigenvalue weighted by Crippen LogP contribution is -1.80. The number of para-hydroxylation sites is 1. The number of hydrogen-bond donors (Lipinski definition) is 0. The van der Waals surface area contributed by atoms with Crippen molar-refractivity contribution in [2.75, 3.05) is 0 Å². The molecule has 3 rings (SSSR count). The summed E-state index contributed by atoms with van der Waals surface area (Å²) in [6.45, 7) is 0. The maximum atomic E-state index is 4.41. The molecule has 3 aromatic rings. The minimum Gasteiger partial charge on any atom is -0.256 e. The van der Waals surface area contributed by atoms with Gasteiger partial charge < -0.3 is 0 Å². The molecule has 0 N–H and O–H groups in total. The third-order valence-corrected chi connectivity index (χ3v) is 2.50. The molecule has 1 aromatic heterocycles. The van der Waals surface area contributed by atoms with Crippen molar-refractivity contribution < 1.29 is 0 Å². The molecule has 1 nitrogen and oxygen atoms in total. The third-order valence-electron chi connectivity index (χ3n) is 2.50. The van der Waals surface area contributed by atoms with Crippen LogP contribution < -0.4 is 0 Å². The molecule has 0 bridgehead atoms. The molecule has 0 spiro atoms. The van der Waals surface area contributed by atoms with Gasteiger partial charge in [-0.05, 0) is 11.5 Å². The van der Waals surface area contributed by atoms with E-state index in [4.69, 9.17) is 0 Å². The van der Waals surface area contributed by atoms with Crippen molar-refractivity contribution in [3.63, 3.8) is 0 Å². The maximum Gasteiger partial charge on any atom is 0.0708 e. The van der Waals surface area contributed by atoms with Crippen LogP contribution in [0.1, 0.15) is 0 Å². The lowest BCUT2D eigenvalue weighted by Gasteiger charge is -2.01. The molecule has 0 radical (unpaired) electrons. The van der Waals surface area contributed by atoms with Crippen LogP contribution in [0, 0.1) is 0 Å². The predicted octanol–water partition coefficient (Wildman–Crippen LogP) is 3.39. The zero-order valence-electron chi connectivity index (χ0n) is 7.64. The van der Waals surface area contributed by atoms with Crippen molar-refractivity contribution in [3.8, 4) is 0 Å². The van der Waals surface area contributed by atoms with Gasteiger partial charge >= 0.3 is 0 Å². The number of aromatic nitrogens is 1. The van der Waals surface area contributed by atoms with Crippen LogP contribution in [0.15, 0.2) is 54.7 Å². The monoisotopic (exact) mass is 180 g/mol. The molecule has 66 valence electrons. The van der Waals surface area contributed by atoms with E-state index in [2.05, 4.69) is 35.3 Å². The normalized spacial score (nSPS) is 10.9. The lowest BCUT2D eigenvalue weighted by molar-refractivity contribution is 1.44. The minimum absolute atomic E-state index is 1.06. The Labute approximate surface area is 82.0 Å². The number of rotatable bonds is 0. The minimum atomic E-state index is 1.06. The highest BCUT2D eigenvalue weighted by atomic mass is 14.7. The van der Waals surface area contributed by atoms with Gasteiger partial charge in [-0.1, -0.05) is 42.5 Å². The number of nitrogens with zero attached hydrogens (tertiary/aromatic N) is 1. The lowest BCUT2D eigenvalue weighted by atomic mass is 10.2. The summed E-state index contributed by atoms with van der Waals surface area (Å²) in [5.41, 5.74) is 1.06. The molecular formula is C13H9N. The first-order chi connectivity index (χ1) is 6.95. The first-order valence-corrected chi connectivity index (χ1v) is 4.68. The van der Waals surface area contributed by atoms with Crippen LogP contribution in [0.25, 0.3) is 21.7 Å². The van der Waals surface area contributed by atoms with Crippen molar-refractivity contribution >= 4 is 21.7 Å². The Balaban J connectivity index is 2.61. The fourth-order valence-electron chi connectivity index (χ4n) is 1.81. The van der Waals surface area contributed by atoms with E-state index in [1.165, 1.54) is 16.2 Å². The Morgan fingerprint density at radius 1 is 0.714 bits per heavy atom. The molecule has 0 aliphatic rings. The number of fused-ring (bicyclic) bond motifs is 3. The Morgan fingerprint density at radius 3 is 2.36 bits per heavy atom. The van der Waals surface area contributed by atoms with Crippen LogP contribution in [0.4, 0.5) is 0 Å². The first-order valence-electron chi connectivity index (χ1n) is 4.68. The van der Waals surface area contributed by atoms with Crippen LogP contribution in [0.3, 0.4) is 0 Å². The topological polar surface area (TPSA) is 12.9 Å². The highest BCUT2D eigenvalue weighted by Gasteiger charge is 1.98. The summed E-state index contributed by atoms with van der Waals surface area (Å²) in [6.07, 6.45) is 1.93. The van der Waals surface area contributed by atoms with E-state index < -0.39 is 0 Å². The van der Waals surface area contributed by atoms with Gasteiger partial charge in [0.1, 0.15) is 0 Å². The molecule has 0 fully saturated rings. The Morgan fingerprint density at radius 2 is 1.43 bits per heavy atom. The summed E-state index contributed by atoms with van der Waals surface area (Å²) in [6, 6.07) is 16.6. The van der Waals surface area contributed by atoms with Crippen molar-refractivity contribution in [1.29, 1.82) is 0 Å². The van der Waals surface area contributed by atoms with Gasteiger partial charge in [-0.15, -0.1) is 0 Å². The second kappa shape index (κ2) is 2.81. The Hall–Kier alpha value is -1.89. The van der Waals surface area contributed by atoms with E-state index in [9.17, 15) is 0 Å². The molecule has 0 aliphatic carbocycles. The highest BCUT2D eigenvalue weighted by molar-refractivity contribution is 6.05. The van der Waals surface area contributed by atoms with Gasteiger partial charge in [0.2, 0.25) is 0 Å². The van der Waals surface area contributed by atoms with Crippen LogP contribution >= 0.6 is 0 Å². The van der Waals surface area contributed by atoms with E-state index >= 15 is 0 Å². The van der Waals surface area contributed by atoms with E-state index in [0.29, 0.717) is 0 Å². The van der Waals surface area contributed by atoms with Gasteiger partial charge in [-0.3, -0.25) is 4.98 Å². The number of pyridine rings is 1. The van der Waals surface area contributed by atoms with Gasteiger partial charge in [0.05, 0.1) is 5.52 Å². The third kappa shape index (κ3) is 0.990. The summed E-state index contributed by atoms with van der Waals surface area (Å²) in [7, 11) is 0. The molecule has 0 atom stereocenters. The van der Waals surface area contributed by atoms with Crippen molar-refractivity contribution in [2.24, 2.45) is 0 Å². The van der Waals surface area contributed by atoms with E-state index in [1.807, 2.05) is 24.4 Å². The number of hydrogen-bond acceptors (Lipinski definition) is 1. The zero-order chi connectivity index (χ0) is 9.38. The summed E-state index contributed by atoms with van der Waals surface area (Å²) < 4.78 is 0. The summed E-state index contributed by atoms with van der Waals surface area (Å²) in [5, 5.41) is 3.70. The molecule has 0 unspecified atom stereocenters. The standard InChI is InChI=1S/C13H9N/c1-2-6-11-10(5-1)9-14-13-8-4-3-7-12(11)13/h1-9H/i10+1. The molecule has 1 heterocycles. The van der Waals surface area contributed by atoms with Gasteiger partial charge in [-0.2, -0.15) is 0 Å². The summed E-state index contributed by atoms with van der Waals surface area (Å²) in [4.78, 5) is 4.41. The summed E-state index contributed by atoms with van der Waals surface area (Å²) >= 11 is 0. The Bertz CT molecular complexity index is 544. The summed E-state index contributed by atoms with van der Waals surface area (Å²) in [5.74, 6) is 0. The average Bonchev–Trinajstić information content (AvgIpc) is 2.29. The van der Waals surface area contributed by atoms with Crippen LogP contribution in [0.2, 0.25) is 0 Å². The van der Waals surface area contributed by atoms with Gasteiger partial charge in [0, 0.05) is 17.0 Å². The molecule has 14 heavy (non-hydrogen) atoms. The highest BCUT2D eigenvalue weighted by Crippen LogP contribution is 2.22. The molecule has 0 saturated carbocycles. The first kappa shape index (κ1) is 7.51. The molecule has 1 heteroatoms. The van der Waals surface area contributed by atoms with E-state index in [1.54, 1.807) is 0 Å². The number of benzene rings is 2. The van der Waals surface area contributed by atoms with Crippen molar-refractivity contribution in [3.05, 3.63) is 54.7 Å². The molecule has 0 amide bonds. The molecule has 0 aliphatic heterocycles. The van der Waals surface area contributed by atoms with Gasteiger partial charge in [-0.25, -0.2) is 0 Å². The molecule has 2 aromatic carbocycles. The Kier molecular flexibility index (Phi) is 1.51. The van der Waals surface area contributed by atoms with Crippen molar-refractivity contribution in [2.45, 2.75) is 0 Å². The van der Waals surface area contributed by atoms with Gasteiger partial charge in [0.25, 0.3) is 0 Å².